The maximum absolute atomic E-state index is 12.2. The number of hydrogen-bond acceptors (Lipinski definition) is 3. The van der Waals surface area contributed by atoms with Crippen LogP contribution in [0, 0.1) is 5.92 Å². The Morgan fingerprint density at radius 1 is 1.61 bits per heavy atom. The van der Waals surface area contributed by atoms with Gasteiger partial charge in [-0.3, -0.25) is 9.48 Å². The molecule has 2 heterocycles. The second kappa shape index (κ2) is 6.00. The van der Waals surface area contributed by atoms with Crippen molar-refractivity contribution in [3.63, 3.8) is 0 Å². The number of amides is 1. The summed E-state index contributed by atoms with van der Waals surface area (Å²) in [6, 6.07) is 0. The third kappa shape index (κ3) is 2.90. The van der Waals surface area contributed by atoms with E-state index in [2.05, 4.69) is 17.3 Å². The average Bonchev–Trinajstić information content (AvgIpc) is 2.86. The van der Waals surface area contributed by atoms with Gasteiger partial charge in [-0.2, -0.15) is 5.10 Å². The molecule has 1 aromatic rings. The van der Waals surface area contributed by atoms with Crippen molar-refractivity contribution in [2.24, 2.45) is 5.92 Å². The van der Waals surface area contributed by atoms with Crippen molar-refractivity contribution in [3.8, 4) is 0 Å². The van der Waals surface area contributed by atoms with E-state index >= 15 is 0 Å². The number of anilines is 1. The summed E-state index contributed by atoms with van der Waals surface area (Å²) in [5.74, 6) is 0.0194. The molecule has 5 nitrogen and oxygen atoms in total. The van der Waals surface area contributed by atoms with Crippen LogP contribution < -0.4 is 5.32 Å². The fraction of sp³-hybridized carbons (Fsp3) is 0.692. The second-order valence-electron chi connectivity index (χ2n) is 4.64. The van der Waals surface area contributed by atoms with Crippen LogP contribution in [0.5, 0.6) is 0 Å². The highest BCUT2D eigenvalue weighted by atomic mass is 16.5. The molecule has 0 bridgehead atoms. The van der Waals surface area contributed by atoms with Crippen LogP contribution in [0.4, 0.5) is 5.69 Å². The Morgan fingerprint density at radius 3 is 3.11 bits per heavy atom. The molecule has 2 atom stereocenters. The molecule has 0 radical (unpaired) electrons. The van der Waals surface area contributed by atoms with E-state index in [1.807, 2.05) is 13.1 Å². The molecule has 1 N–H and O–H groups in total. The summed E-state index contributed by atoms with van der Waals surface area (Å²) >= 11 is 0. The molecule has 1 aliphatic heterocycles. The minimum absolute atomic E-state index is 0.0336. The summed E-state index contributed by atoms with van der Waals surface area (Å²) in [5, 5.41) is 7.07. The summed E-state index contributed by atoms with van der Waals surface area (Å²) in [6.07, 6.45) is 6.34. The van der Waals surface area contributed by atoms with Crippen molar-refractivity contribution < 1.29 is 9.53 Å². The van der Waals surface area contributed by atoms with Crippen LogP contribution in [0.1, 0.15) is 33.1 Å². The molecule has 0 saturated carbocycles. The van der Waals surface area contributed by atoms with Crippen LogP contribution in [0.2, 0.25) is 0 Å². The van der Waals surface area contributed by atoms with E-state index in [-0.39, 0.29) is 17.9 Å². The standard InChI is InChI=1S/C13H21N3O2/c1-3-12-11(6-5-7-18-12)13(17)15-10-8-14-16(4-2)9-10/h8-9,11-12H,3-7H2,1-2H3,(H,15,17)/t11-,12+/m0/s1. The van der Waals surface area contributed by atoms with Gasteiger partial charge in [-0.1, -0.05) is 6.92 Å². The molecule has 0 aliphatic carbocycles. The lowest BCUT2D eigenvalue weighted by Gasteiger charge is -2.29. The van der Waals surface area contributed by atoms with Crippen LogP contribution in [0.25, 0.3) is 0 Å². The van der Waals surface area contributed by atoms with E-state index < -0.39 is 0 Å². The monoisotopic (exact) mass is 251 g/mol. The number of nitrogens with one attached hydrogen (secondary N) is 1. The SMILES string of the molecule is CC[C@H]1OCCC[C@@H]1C(=O)Nc1cnn(CC)c1. The smallest absolute Gasteiger partial charge is 0.230 e. The third-order valence-electron chi connectivity index (χ3n) is 3.40. The van der Waals surface area contributed by atoms with Gasteiger partial charge in [0.15, 0.2) is 0 Å². The van der Waals surface area contributed by atoms with Crippen molar-refractivity contribution in [2.75, 3.05) is 11.9 Å². The zero-order valence-corrected chi connectivity index (χ0v) is 11.1. The van der Waals surface area contributed by atoms with E-state index in [4.69, 9.17) is 4.74 Å². The van der Waals surface area contributed by atoms with E-state index in [0.717, 1.165) is 38.1 Å². The van der Waals surface area contributed by atoms with Crippen LogP contribution in [-0.2, 0) is 16.1 Å². The number of aromatic nitrogens is 2. The Labute approximate surface area is 108 Å². The first-order valence-corrected chi connectivity index (χ1v) is 6.69. The molecule has 18 heavy (non-hydrogen) atoms. The fourth-order valence-electron chi connectivity index (χ4n) is 2.38. The second-order valence-corrected chi connectivity index (χ2v) is 4.64. The van der Waals surface area contributed by atoms with Crippen LogP contribution in [-0.4, -0.2) is 28.4 Å². The number of nitrogens with zero attached hydrogens (tertiary/aromatic N) is 2. The van der Waals surface area contributed by atoms with Crippen LogP contribution >= 0.6 is 0 Å². The van der Waals surface area contributed by atoms with Crippen LogP contribution in [0.3, 0.4) is 0 Å². The Hall–Kier alpha value is -1.36. The Balaban J connectivity index is 1.97. The van der Waals surface area contributed by atoms with Crippen molar-refractivity contribution in [1.29, 1.82) is 0 Å². The highest BCUT2D eigenvalue weighted by Crippen LogP contribution is 2.24. The molecule has 0 unspecified atom stereocenters. The van der Waals surface area contributed by atoms with E-state index in [1.165, 1.54) is 0 Å². The van der Waals surface area contributed by atoms with Crippen molar-refractivity contribution in [1.82, 2.24) is 9.78 Å². The van der Waals surface area contributed by atoms with Crippen LogP contribution in [0.15, 0.2) is 12.4 Å². The van der Waals surface area contributed by atoms with Crippen molar-refractivity contribution in [2.45, 2.75) is 45.8 Å². The lowest BCUT2D eigenvalue weighted by Crippen LogP contribution is -2.37. The molecule has 1 aromatic heterocycles. The molecule has 1 fully saturated rings. The van der Waals surface area contributed by atoms with Gasteiger partial charge in [-0.05, 0) is 26.2 Å². The molecule has 0 spiro atoms. The third-order valence-corrected chi connectivity index (χ3v) is 3.40. The number of hydrogen-bond donors (Lipinski definition) is 1. The van der Waals surface area contributed by atoms with Gasteiger partial charge in [-0.25, -0.2) is 0 Å². The van der Waals surface area contributed by atoms with E-state index in [9.17, 15) is 4.79 Å². The van der Waals surface area contributed by atoms with Crippen molar-refractivity contribution >= 4 is 11.6 Å². The molecule has 100 valence electrons. The van der Waals surface area contributed by atoms with Gasteiger partial charge < -0.3 is 10.1 Å². The molecule has 5 heteroatoms. The summed E-state index contributed by atoms with van der Waals surface area (Å²) in [7, 11) is 0. The first-order chi connectivity index (χ1) is 8.74. The molecule has 2 rings (SSSR count). The maximum Gasteiger partial charge on any atom is 0.230 e. The Kier molecular flexibility index (Phi) is 4.36. The number of rotatable bonds is 4. The first-order valence-electron chi connectivity index (χ1n) is 6.69. The zero-order chi connectivity index (χ0) is 13.0. The van der Waals surface area contributed by atoms with Gasteiger partial charge in [0.25, 0.3) is 0 Å². The fourth-order valence-corrected chi connectivity index (χ4v) is 2.38. The van der Waals surface area contributed by atoms with E-state index in [0.29, 0.717) is 0 Å². The number of carbonyl (C=O) groups is 1. The largest absolute Gasteiger partial charge is 0.377 e. The van der Waals surface area contributed by atoms with Gasteiger partial charge >= 0.3 is 0 Å². The van der Waals surface area contributed by atoms with Gasteiger partial charge in [0.1, 0.15) is 0 Å². The Morgan fingerprint density at radius 2 is 2.44 bits per heavy atom. The lowest BCUT2D eigenvalue weighted by molar-refractivity contribution is -0.129. The minimum atomic E-state index is -0.0336. The highest BCUT2D eigenvalue weighted by molar-refractivity contribution is 5.92. The lowest BCUT2D eigenvalue weighted by atomic mass is 9.92. The molecule has 0 aromatic carbocycles. The summed E-state index contributed by atoms with van der Waals surface area (Å²) in [4.78, 5) is 12.2. The summed E-state index contributed by atoms with van der Waals surface area (Å²) in [6.45, 7) is 5.65. The molecule has 1 aliphatic rings. The average molecular weight is 251 g/mol. The van der Waals surface area contributed by atoms with Gasteiger partial charge in [-0.15, -0.1) is 0 Å². The topological polar surface area (TPSA) is 56.1 Å². The highest BCUT2D eigenvalue weighted by Gasteiger charge is 2.30. The van der Waals surface area contributed by atoms with E-state index in [1.54, 1.807) is 10.9 Å². The number of carbonyl (C=O) groups excluding carboxylic acids is 1. The first kappa shape index (κ1) is 13.1. The molecular weight excluding hydrogens is 230 g/mol. The zero-order valence-electron chi connectivity index (χ0n) is 11.1. The van der Waals surface area contributed by atoms with Gasteiger partial charge in [0.05, 0.1) is 23.9 Å². The summed E-state index contributed by atoms with van der Waals surface area (Å²) in [5.41, 5.74) is 0.766. The number of aryl methyl sites for hydroxylation is 1. The molecular formula is C13H21N3O2. The Bertz CT molecular complexity index is 403. The van der Waals surface area contributed by atoms with Gasteiger partial charge in [0.2, 0.25) is 5.91 Å². The minimum Gasteiger partial charge on any atom is -0.377 e. The normalized spacial score (nSPS) is 23.9. The van der Waals surface area contributed by atoms with Crippen molar-refractivity contribution in [3.05, 3.63) is 12.4 Å². The maximum atomic E-state index is 12.2. The predicted molar refractivity (Wildman–Crippen MR) is 69.3 cm³/mol. The quantitative estimate of drug-likeness (QED) is 0.891. The predicted octanol–water partition coefficient (Wildman–Crippen LogP) is 2.05. The van der Waals surface area contributed by atoms with Gasteiger partial charge in [0, 0.05) is 19.3 Å². The molecule has 1 amide bonds. The number of ether oxygens (including phenoxy) is 1. The molecule has 1 saturated heterocycles. The summed E-state index contributed by atoms with van der Waals surface area (Å²) < 4.78 is 7.44.